The zero-order valence-corrected chi connectivity index (χ0v) is 18.2. The van der Waals surface area contributed by atoms with Gasteiger partial charge in [-0.05, 0) is 34.9 Å². The quantitative estimate of drug-likeness (QED) is 0.342. The molecule has 0 saturated heterocycles. The lowest BCUT2D eigenvalue weighted by atomic mass is 10.00. The van der Waals surface area contributed by atoms with E-state index in [1.807, 2.05) is 30.3 Å². The van der Waals surface area contributed by atoms with Crippen LogP contribution in [0.2, 0.25) is 0 Å². The van der Waals surface area contributed by atoms with Crippen molar-refractivity contribution in [2.75, 3.05) is 7.11 Å². The fourth-order valence-corrected chi connectivity index (χ4v) is 3.36. The molecule has 10 heteroatoms. The molecule has 1 N–H and O–H groups in total. The topological polar surface area (TPSA) is 55.4 Å². The highest BCUT2D eigenvalue weighted by atomic mass is 19.4. The van der Waals surface area contributed by atoms with Crippen molar-refractivity contribution in [3.63, 3.8) is 0 Å². The minimum atomic E-state index is -5.11. The Morgan fingerprint density at radius 1 is 0.800 bits per heavy atom. The van der Waals surface area contributed by atoms with Gasteiger partial charge in [0.15, 0.2) is 0 Å². The van der Waals surface area contributed by atoms with Crippen molar-refractivity contribution in [1.82, 2.24) is 5.32 Å². The average molecular weight is 495 g/mol. The molecule has 184 valence electrons. The highest BCUT2D eigenvalue weighted by Crippen LogP contribution is 2.36. The average Bonchev–Trinajstić information content (AvgIpc) is 2.82. The molecular formula is C25H19F6NO3. The summed E-state index contributed by atoms with van der Waals surface area (Å²) in [6, 6.07) is 15.5. The number of hydrogen-bond donors (Lipinski definition) is 1. The van der Waals surface area contributed by atoms with Gasteiger partial charge in [0, 0.05) is 12.0 Å². The van der Waals surface area contributed by atoms with E-state index in [2.05, 4.69) is 10.1 Å². The summed E-state index contributed by atoms with van der Waals surface area (Å²) in [6.07, 6.45) is -10.3. The van der Waals surface area contributed by atoms with Gasteiger partial charge in [0.25, 0.3) is 5.91 Å². The first-order valence-corrected chi connectivity index (χ1v) is 10.2. The molecule has 0 heterocycles. The Kier molecular flexibility index (Phi) is 7.52. The summed E-state index contributed by atoms with van der Waals surface area (Å²) >= 11 is 0. The van der Waals surface area contributed by atoms with Gasteiger partial charge in [-0.15, -0.1) is 0 Å². The zero-order chi connectivity index (χ0) is 25.8. The molecule has 0 aliphatic rings. The fraction of sp³-hybridized carbons (Fsp3) is 0.200. The summed E-state index contributed by atoms with van der Waals surface area (Å²) in [6.45, 7) is 0. The Bertz CT molecular complexity index is 1160. The van der Waals surface area contributed by atoms with E-state index < -0.39 is 47.0 Å². The van der Waals surface area contributed by atoms with Crippen LogP contribution >= 0.6 is 0 Å². The molecule has 0 bridgehead atoms. The summed E-state index contributed by atoms with van der Waals surface area (Å²) in [4.78, 5) is 24.8. The number of hydrogen-bond acceptors (Lipinski definition) is 3. The maximum Gasteiger partial charge on any atom is 0.416 e. The third kappa shape index (κ3) is 6.62. The molecule has 3 aromatic carbocycles. The molecule has 3 rings (SSSR count). The summed E-state index contributed by atoms with van der Waals surface area (Å²) in [5, 5.41) is 2.19. The van der Waals surface area contributed by atoms with Crippen molar-refractivity contribution in [3.05, 3.63) is 95.1 Å². The second-order valence-corrected chi connectivity index (χ2v) is 7.61. The second kappa shape index (κ2) is 10.2. The number of nitrogens with one attached hydrogen (secondary N) is 1. The molecule has 35 heavy (non-hydrogen) atoms. The molecule has 0 saturated carbocycles. The van der Waals surface area contributed by atoms with Gasteiger partial charge < -0.3 is 10.1 Å². The lowest BCUT2D eigenvalue weighted by molar-refractivity contribution is -0.144. The Balaban J connectivity index is 1.85. The van der Waals surface area contributed by atoms with Crippen molar-refractivity contribution in [3.8, 4) is 11.1 Å². The van der Waals surface area contributed by atoms with Crippen molar-refractivity contribution in [2.45, 2.75) is 24.8 Å². The van der Waals surface area contributed by atoms with E-state index in [0.29, 0.717) is 17.7 Å². The maximum atomic E-state index is 13.1. The molecule has 1 atom stereocenters. The van der Waals surface area contributed by atoms with Crippen LogP contribution in [0.4, 0.5) is 26.3 Å². The molecule has 3 aromatic rings. The van der Waals surface area contributed by atoms with Crippen LogP contribution in [-0.2, 0) is 28.3 Å². The number of benzene rings is 3. The fourth-order valence-electron chi connectivity index (χ4n) is 3.36. The molecule has 0 fully saturated rings. The summed E-state index contributed by atoms with van der Waals surface area (Å²) in [5.41, 5.74) is -1.74. The van der Waals surface area contributed by atoms with Gasteiger partial charge in [0.2, 0.25) is 0 Å². The molecule has 0 aliphatic carbocycles. The number of alkyl halides is 6. The standard InChI is InChI=1S/C25H19F6NO3/c1-35-23(34)21(11-15-7-9-17(10-8-15)16-5-3-2-4-6-16)32-22(33)18-12-19(24(26,27)28)14-20(13-18)25(29,30)31/h2-10,12-14,21H,11H2,1H3,(H,32,33)/t21-/m1/s1. The summed E-state index contributed by atoms with van der Waals surface area (Å²) in [5.74, 6) is -2.19. The smallest absolute Gasteiger partial charge is 0.416 e. The molecular weight excluding hydrogens is 476 g/mol. The predicted octanol–water partition coefficient (Wildman–Crippen LogP) is 5.91. The third-order valence-corrected chi connectivity index (χ3v) is 5.14. The van der Waals surface area contributed by atoms with Crippen LogP contribution in [0.3, 0.4) is 0 Å². The van der Waals surface area contributed by atoms with E-state index >= 15 is 0 Å². The summed E-state index contributed by atoms with van der Waals surface area (Å²) in [7, 11) is 1.05. The van der Waals surface area contributed by atoms with Gasteiger partial charge in [0.1, 0.15) is 6.04 Å². The van der Waals surface area contributed by atoms with E-state index in [1.54, 1.807) is 24.3 Å². The van der Waals surface area contributed by atoms with Gasteiger partial charge in [-0.3, -0.25) is 4.79 Å². The summed E-state index contributed by atoms with van der Waals surface area (Å²) < 4.78 is 83.3. The highest BCUT2D eigenvalue weighted by molar-refractivity contribution is 5.97. The van der Waals surface area contributed by atoms with Crippen molar-refractivity contribution in [1.29, 1.82) is 0 Å². The first-order chi connectivity index (χ1) is 16.4. The van der Waals surface area contributed by atoms with Crippen LogP contribution in [0.5, 0.6) is 0 Å². The van der Waals surface area contributed by atoms with Crippen molar-refractivity contribution in [2.24, 2.45) is 0 Å². The monoisotopic (exact) mass is 495 g/mol. The van der Waals surface area contributed by atoms with Gasteiger partial charge in [0.05, 0.1) is 18.2 Å². The van der Waals surface area contributed by atoms with E-state index in [1.165, 1.54) is 0 Å². The van der Waals surface area contributed by atoms with Crippen LogP contribution in [0, 0.1) is 0 Å². The molecule has 0 radical (unpaired) electrons. The second-order valence-electron chi connectivity index (χ2n) is 7.61. The number of amides is 1. The number of rotatable bonds is 6. The highest BCUT2D eigenvalue weighted by Gasteiger charge is 2.37. The molecule has 1 amide bonds. The van der Waals surface area contributed by atoms with E-state index in [4.69, 9.17) is 0 Å². The van der Waals surface area contributed by atoms with E-state index in [0.717, 1.165) is 18.2 Å². The predicted molar refractivity (Wildman–Crippen MR) is 115 cm³/mol. The number of halogens is 6. The number of carbonyl (C=O) groups excluding carboxylic acids is 2. The molecule has 0 unspecified atom stereocenters. The molecule has 4 nitrogen and oxygen atoms in total. The van der Waals surface area contributed by atoms with Crippen LogP contribution in [-0.4, -0.2) is 25.0 Å². The zero-order valence-electron chi connectivity index (χ0n) is 18.2. The van der Waals surface area contributed by atoms with Crippen molar-refractivity contribution < 1.29 is 40.7 Å². The SMILES string of the molecule is COC(=O)[C@@H](Cc1ccc(-c2ccccc2)cc1)NC(=O)c1cc(C(F)(F)F)cc(C(F)(F)F)c1. The Morgan fingerprint density at radius 3 is 1.80 bits per heavy atom. The minimum absolute atomic E-state index is 0.0805. The van der Waals surface area contributed by atoms with Crippen LogP contribution in [0.25, 0.3) is 11.1 Å². The van der Waals surface area contributed by atoms with Crippen LogP contribution in [0.15, 0.2) is 72.8 Å². The molecule has 0 aliphatic heterocycles. The normalized spacial score (nSPS) is 12.7. The van der Waals surface area contributed by atoms with Crippen LogP contribution in [0.1, 0.15) is 27.0 Å². The third-order valence-electron chi connectivity index (χ3n) is 5.14. The van der Waals surface area contributed by atoms with E-state index in [-0.39, 0.29) is 12.5 Å². The Labute approximate surface area is 196 Å². The first-order valence-electron chi connectivity index (χ1n) is 10.2. The van der Waals surface area contributed by atoms with Gasteiger partial charge in [-0.2, -0.15) is 26.3 Å². The number of carbonyl (C=O) groups is 2. The molecule has 0 aromatic heterocycles. The van der Waals surface area contributed by atoms with Gasteiger partial charge in [-0.1, -0.05) is 54.6 Å². The van der Waals surface area contributed by atoms with E-state index in [9.17, 15) is 35.9 Å². The van der Waals surface area contributed by atoms with Gasteiger partial charge in [-0.25, -0.2) is 4.79 Å². The Morgan fingerprint density at radius 2 is 1.31 bits per heavy atom. The first kappa shape index (κ1) is 25.8. The van der Waals surface area contributed by atoms with Gasteiger partial charge >= 0.3 is 18.3 Å². The molecule has 0 spiro atoms. The Hall–Kier alpha value is -3.82. The van der Waals surface area contributed by atoms with Crippen molar-refractivity contribution >= 4 is 11.9 Å². The minimum Gasteiger partial charge on any atom is -0.467 e. The lowest BCUT2D eigenvalue weighted by Crippen LogP contribution is -2.43. The number of esters is 1. The number of ether oxygens (including phenoxy) is 1. The maximum absolute atomic E-state index is 13.1. The largest absolute Gasteiger partial charge is 0.467 e. The lowest BCUT2D eigenvalue weighted by Gasteiger charge is -2.18. The van der Waals surface area contributed by atoms with Crippen LogP contribution < -0.4 is 5.32 Å². The number of methoxy groups -OCH3 is 1.